The van der Waals surface area contributed by atoms with Gasteiger partial charge in [0.25, 0.3) is 0 Å². The normalized spacial score (nSPS) is 17.2. The van der Waals surface area contributed by atoms with Crippen LogP contribution in [-0.2, 0) is 11.2 Å². The molecule has 0 saturated heterocycles. The summed E-state index contributed by atoms with van der Waals surface area (Å²) < 4.78 is 0. The van der Waals surface area contributed by atoms with Crippen LogP contribution in [0.5, 0.6) is 0 Å². The highest BCUT2D eigenvalue weighted by Crippen LogP contribution is 2.34. The number of benzene rings is 2. The molecule has 1 aliphatic rings. The van der Waals surface area contributed by atoms with Crippen LogP contribution in [0.25, 0.3) is 0 Å². The fourth-order valence-electron chi connectivity index (χ4n) is 3.00. The predicted octanol–water partition coefficient (Wildman–Crippen LogP) is 3.40. The Hall–Kier alpha value is -2.13. The highest BCUT2D eigenvalue weighted by atomic mass is 16.3. The molecule has 1 aliphatic heterocycles. The minimum atomic E-state index is -0.465. The van der Waals surface area contributed by atoms with Gasteiger partial charge in [-0.15, -0.1) is 0 Å². The van der Waals surface area contributed by atoms with Gasteiger partial charge in [-0.2, -0.15) is 0 Å². The van der Waals surface area contributed by atoms with E-state index in [0.717, 1.165) is 23.2 Å². The van der Waals surface area contributed by atoms with Gasteiger partial charge in [0.05, 0.1) is 6.10 Å². The second-order valence-electron chi connectivity index (χ2n) is 5.90. The number of amides is 1. The van der Waals surface area contributed by atoms with E-state index in [9.17, 15) is 9.90 Å². The van der Waals surface area contributed by atoms with E-state index in [0.29, 0.717) is 19.4 Å². The number of aryl methyl sites for hydroxylation is 2. The monoisotopic (exact) mass is 295 g/mol. The third-order valence-corrected chi connectivity index (χ3v) is 4.23. The molecule has 0 spiro atoms. The number of aliphatic hydroxyl groups is 1. The first-order valence-electron chi connectivity index (χ1n) is 7.78. The molecule has 1 atom stereocenters. The average molecular weight is 295 g/mol. The molecule has 2 aromatic carbocycles. The minimum Gasteiger partial charge on any atom is -0.388 e. The van der Waals surface area contributed by atoms with Gasteiger partial charge in [0.1, 0.15) is 0 Å². The first kappa shape index (κ1) is 14.8. The molecule has 2 aromatic rings. The molecule has 1 heterocycles. The van der Waals surface area contributed by atoms with Gasteiger partial charge in [0.2, 0.25) is 5.91 Å². The number of hydrogen-bond acceptors (Lipinski definition) is 2. The summed E-state index contributed by atoms with van der Waals surface area (Å²) in [6.07, 6.45) is 1.38. The number of fused-ring (bicyclic) bond motifs is 1. The van der Waals surface area contributed by atoms with Crippen LogP contribution < -0.4 is 4.90 Å². The van der Waals surface area contributed by atoms with Crippen LogP contribution in [0.3, 0.4) is 0 Å². The summed E-state index contributed by atoms with van der Waals surface area (Å²) in [5, 5.41) is 10.2. The zero-order chi connectivity index (χ0) is 15.5. The highest BCUT2D eigenvalue weighted by Gasteiger charge is 2.27. The van der Waals surface area contributed by atoms with Crippen molar-refractivity contribution < 1.29 is 9.90 Å². The Bertz CT molecular complexity index is 666. The summed E-state index contributed by atoms with van der Waals surface area (Å²) in [6.45, 7) is 2.59. The molecule has 0 aromatic heterocycles. The predicted molar refractivity (Wildman–Crippen MR) is 87.9 cm³/mol. The maximum absolute atomic E-state index is 12.6. The molecule has 1 unspecified atom stereocenters. The van der Waals surface area contributed by atoms with E-state index < -0.39 is 6.10 Å². The molecule has 114 valence electrons. The lowest BCUT2D eigenvalue weighted by atomic mass is 9.96. The molecule has 0 fully saturated rings. The Kier molecular flexibility index (Phi) is 4.25. The number of hydrogen-bond donors (Lipinski definition) is 1. The molecule has 0 saturated carbocycles. The number of carbonyl (C=O) groups is 1. The van der Waals surface area contributed by atoms with E-state index in [1.54, 1.807) is 0 Å². The molecule has 22 heavy (non-hydrogen) atoms. The highest BCUT2D eigenvalue weighted by molar-refractivity contribution is 5.94. The Morgan fingerprint density at radius 1 is 1.23 bits per heavy atom. The summed E-state index contributed by atoms with van der Waals surface area (Å²) in [5.41, 5.74) is 4.02. The van der Waals surface area contributed by atoms with Crippen molar-refractivity contribution in [1.82, 2.24) is 0 Å². The number of nitrogens with zero attached hydrogens (tertiary/aromatic N) is 1. The Labute approximate surface area is 131 Å². The van der Waals surface area contributed by atoms with Gasteiger partial charge in [-0.3, -0.25) is 4.79 Å². The fraction of sp³-hybridized carbons (Fsp3) is 0.316. The lowest BCUT2D eigenvalue weighted by molar-refractivity contribution is -0.118. The van der Waals surface area contributed by atoms with E-state index in [-0.39, 0.29) is 5.91 Å². The summed E-state index contributed by atoms with van der Waals surface area (Å²) in [4.78, 5) is 14.4. The zero-order valence-electron chi connectivity index (χ0n) is 12.8. The molecule has 1 amide bonds. The summed E-state index contributed by atoms with van der Waals surface area (Å²) in [5.74, 6) is 0.126. The smallest absolute Gasteiger partial charge is 0.227 e. The second kappa shape index (κ2) is 6.32. The van der Waals surface area contributed by atoms with Crippen LogP contribution in [-0.4, -0.2) is 17.6 Å². The number of rotatable bonds is 3. The van der Waals surface area contributed by atoms with E-state index in [2.05, 4.69) is 0 Å². The minimum absolute atomic E-state index is 0.126. The van der Waals surface area contributed by atoms with E-state index in [1.807, 2.05) is 60.4 Å². The van der Waals surface area contributed by atoms with Crippen molar-refractivity contribution >= 4 is 11.6 Å². The summed E-state index contributed by atoms with van der Waals surface area (Å²) in [7, 11) is 0. The van der Waals surface area contributed by atoms with Gasteiger partial charge in [-0.1, -0.05) is 48.0 Å². The molecule has 3 heteroatoms. The maximum Gasteiger partial charge on any atom is 0.227 e. The van der Waals surface area contributed by atoms with Crippen LogP contribution in [0.1, 0.15) is 35.6 Å². The zero-order valence-corrected chi connectivity index (χ0v) is 12.8. The first-order valence-corrected chi connectivity index (χ1v) is 7.78. The van der Waals surface area contributed by atoms with Crippen molar-refractivity contribution in [2.24, 2.45) is 0 Å². The standard InChI is InChI=1S/C19H21NO2/c1-14-7-9-17-16(13-14)18(21)11-12-20(17)19(22)10-8-15-5-3-2-4-6-15/h2-7,9,13,18,21H,8,10-12H2,1H3. The lowest BCUT2D eigenvalue weighted by Gasteiger charge is -2.32. The Balaban J connectivity index is 1.75. The molecular weight excluding hydrogens is 274 g/mol. The van der Waals surface area contributed by atoms with Crippen molar-refractivity contribution in [3.63, 3.8) is 0 Å². The molecule has 0 bridgehead atoms. The van der Waals surface area contributed by atoms with Crippen LogP contribution in [0.4, 0.5) is 5.69 Å². The van der Waals surface area contributed by atoms with Gasteiger partial charge in [0, 0.05) is 24.2 Å². The quantitative estimate of drug-likeness (QED) is 0.943. The van der Waals surface area contributed by atoms with Crippen molar-refractivity contribution in [3.8, 4) is 0 Å². The average Bonchev–Trinajstić information content (AvgIpc) is 2.54. The molecular formula is C19H21NO2. The SMILES string of the molecule is Cc1ccc2c(c1)C(O)CCN2C(=O)CCc1ccccc1. The van der Waals surface area contributed by atoms with Crippen molar-refractivity contribution in [2.75, 3.05) is 11.4 Å². The topological polar surface area (TPSA) is 40.5 Å². The fourth-order valence-corrected chi connectivity index (χ4v) is 3.00. The van der Waals surface area contributed by atoms with Gasteiger partial charge in [-0.05, 0) is 31.4 Å². The lowest BCUT2D eigenvalue weighted by Crippen LogP contribution is -2.36. The van der Waals surface area contributed by atoms with Crippen molar-refractivity contribution in [3.05, 3.63) is 65.2 Å². The van der Waals surface area contributed by atoms with Gasteiger partial charge < -0.3 is 10.0 Å². The van der Waals surface area contributed by atoms with Crippen molar-refractivity contribution in [2.45, 2.75) is 32.3 Å². The Morgan fingerprint density at radius 3 is 2.77 bits per heavy atom. The largest absolute Gasteiger partial charge is 0.388 e. The molecule has 0 aliphatic carbocycles. The van der Waals surface area contributed by atoms with Gasteiger partial charge in [-0.25, -0.2) is 0 Å². The summed E-state index contributed by atoms with van der Waals surface area (Å²) >= 11 is 0. The van der Waals surface area contributed by atoms with Gasteiger partial charge in [0.15, 0.2) is 0 Å². The number of anilines is 1. The Morgan fingerprint density at radius 2 is 2.00 bits per heavy atom. The third kappa shape index (κ3) is 3.04. The van der Waals surface area contributed by atoms with Crippen molar-refractivity contribution in [1.29, 1.82) is 0 Å². The van der Waals surface area contributed by atoms with E-state index >= 15 is 0 Å². The maximum atomic E-state index is 12.6. The number of aliphatic hydroxyl groups excluding tert-OH is 1. The van der Waals surface area contributed by atoms with Crippen LogP contribution >= 0.6 is 0 Å². The molecule has 3 nitrogen and oxygen atoms in total. The molecule has 1 N–H and O–H groups in total. The molecule has 3 rings (SSSR count). The van der Waals surface area contributed by atoms with Crippen LogP contribution in [0.15, 0.2) is 48.5 Å². The first-order chi connectivity index (χ1) is 10.6. The van der Waals surface area contributed by atoms with Crippen LogP contribution in [0, 0.1) is 6.92 Å². The second-order valence-corrected chi connectivity index (χ2v) is 5.90. The molecule has 0 radical (unpaired) electrons. The number of carbonyl (C=O) groups excluding carboxylic acids is 1. The van der Waals surface area contributed by atoms with Crippen LogP contribution in [0.2, 0.25) is 0 Å². The van der Waals surface area contributed by atoms with Gasteiger partial charge >= 0.3 is 0 Å². The third-order valence-electron chi connectivity index (χ3n) is 4.23. The van der Waals surface area contributed by atoms with E-state index in [1.165, 1.54) is 5.56 Å². The van der Waals surface area contributed by atoms with E-state index in [4.69, 9.17) is 0 Å². The summed E-state index contributed by atoms with van der Waals surface area (Å²) in [6, 6.07) is 16.0.